The van der Waals surface area contributed by atoms with Gasteiger partial charge in [0.25, 0.3) is 5.91 Å². The number of ether oxygens (including phenoxy) is 1. The lowest BCUT2D eigenvalue weighted by atomic mass is 10.0. The maximum atomic E-state index is 12.4. The number of unbranched alkanes of at least 4 members (excludes halogenated alkanes) is 1. The summed E-state index contributed by atoms with van der Waals surface area (Å²) in [7, 11) is 1.56. The number of nitrogen functional groups attached to an aromatic ring is 1. The molecule has 0 radical (unpaired) electrons. The van der Waals surface area contributed by atoms with Gasteiger partial charge in [-0.25, -0.2) is 0 Å². The van der Waals surface area contributed by atoms with Gasteiger partial charge in [0, 0.05) is 11.7 Å². The van der Waals surface area contributed by atoms with Crippen molar-refractivity contribution in [3.8, 4) is 5.75 Å². The Bertz CT molecular complexity index is 432. The second-order valence-corrected chi connectivity index (χ2v) is 5.06. The summed E-state index contributed by atoms with van der Waals surface area (Å²) in [6, 6.07) is 5.34. The minimum absolute atomic E-state index is 0.108. The van der Waals surface area contributed by atoms with E-state index < -0.39 is 0 Å². The molecule has 1 unspecified atom stereocenters. The molecule has 0 aliphatic heterocycles. The average molecular weight is 278 g/mol. The normalized spacial score (nSPS) is 11.9. The molecule has 0 heterocycles. The molecule has 4 nitrogen and oxygen atoms in total. The van der Waals surface area contributed by atoms with Gasteiger partial charge in [-0.1, -0.05) is 33.1 Å². The summed E-state index contributed by atoms with van der Waals surface area (Å²) >= 11 is 0. The summed E-state index contributed by atoms with van der Waals surface area (Å²) in [6.45, 7) is 4.29. The number of amides is 1. The molecular formula is C16H26N2O2. The van der Waals surface area contributed by atoms with Crippen molar-refractivity contribution in [2.75, 3.05) is 12.8 Å². The molecule has 0 saturated heterocycles. The SMILES string of the molecule is CCCCC(CCC)NC(=O)c1cc(N)ccc1OC. The Morgan fingerprint density at radius 2 is 2.05 bits per heavy atom. The molecule has 1 aromatic rings. The van der Waals surface area contributed by atoms with Crippen LogP contribution in [0.15, 0.2) is 18.2 Å². The second kappa shape index (κ2) is 8.46. The zero-order valence-corrected chi connectivity index (χ0v) is 12.7. The van der Waals surface area contributed by atoms with Gasteiger partial charge in [0.2, 0.25) is 0 Å². The van der Waals surface area contributed by atoms with Gasteiger partial charge in [0.1, 0.15) is 5.75 Å². The molecule has 0 aliphatic carbocycles. The van der Waals surface area contributed by atoms with Crippen LogP contribution in [0.3, 0.4) is 0 Å². The molecule has 1 rings (SSSR count). The predicted molar refractivity (Wildman–Crippen MR) is 83.1 cm³/mol. The Kier molecular flexibility index (Phi) is 6.91. The smallest absolute Gasteiger partial charge is 0.255 e. The molecule has 1 amide bonds. The van der Waals surface area contributed by atoms with Gasteiger partial charge in [-0.05, 0) is 31.0 Å². The number of anilines is 1. The van der Waals surface area contributed by atoms with Gasteiger partial charge in [0.05, 0.1) is 12.7 Å². The van der Waals surface area contributed by atoms with E-state index >= 15 is 0 Å². The van der Waals surface area contributed by atoms with Gasteiger partial charge in [-0.2, -0.15) is 0 Å². The van der Waals surface area contributed by atoms with Crippen LogP contribution in [-0.2, 0) is 0 Å². The fourth-order valence-corrected chi connectivity index (χ4v) is 2.25. The highest BCUT2D eigenvalue weighted by atomic mass is 16.5. The van der Waals surface area contributed by atoms with Crippen molar-refractivity contribution in [2.45, 2.75) is 52.0 Å². The lowest BCUT2D eigenvalue weighted by Crippen LogP contribution is -2.35. The van der Waals surface area contributed by atoms with Gasteiger partial charge >= 0.3 is 0 Å². The van der Waals surface area contributed by atoms with E-state index in [4.69, 9.17) is 10.5 Å². The first-order valence-electron chi connectivity index (χ1n) is 7.36. The summed E-state index contributed by atoms with van der Waals surface area (Å²) < 4.78 is 5.23. The third-order valence-corrected chi connectivity index (χ3v) is 3.35. The number of carbonyl (C=O) groups is 1. The highest BCUT2D eigenvalue weighted by molar-refractivity contribution is 5.98. The molecule has 112 valence electrons. The highest BCUT2D eigenvalue weighted by Crippen LogP contribution is 2.21. The van der Waals surface area contributed by atoms with Crippen LogP contribution < -0.4 is 15.8 Å². The van der Waals surface area contributed by atoms with E-state index in [1.165, 1.54) is 0 Å². The topological polar surface area (TPSA) is 64.4 Å². The van der Waals surface area contributed by atoms with Crippen molar-refractivity contribution >= 4 is 11.6 Å². The molecule has 0 bridgehead atoms. The number of nitrogens with one attached hydrogen (secondary N) is 1. The largest absolute Gasteiger partial charge is 0.496 e. The van der Waals surface area contributed by atoms with Gasteiger partial charge < -0.3 is 15.8 Å². The van der Waals surface area contributed by atoms with Crippen LogP contribution in [0.4, 0.5) is 5.69 Å². The summed E-state index contributed by atoms with van der Waals surface area (Å²) in [5, 5.41) is 3.10. The minimum Gasteiger partial charge on any atom is -0.496 e. The first-order chi connectivity index (χ1) is 9.62. The van der Waals surface area contributed by atoms with Crippen molar-refractivity contribution in [1.82, 2.24) is 5.32 Å². The number of benzene rings is 1. The Hall–Kier alpha value is -1.71. The fraction of sp³-hybridized carbons (Fsp3) is 0.562. The van der Waals surface area contributed by atoms with E-state index in [9.17, 15) is 4.79 Å². The van der Waals surface area contributed by atoms with Gasteiger partial charge in [-0.3, -0.25) is 4.79 Å². The molecule has 20 heavy (non-hydrogen) atoms. The van der Waals surface area contributed by atoms with Gasteiger partial charge in [0.15, 0.2) is 0 Å². The van der Waals surface area contributed by atoms with E-state index in [-0.39, 0.29) is 11.9 Å². The number of rotatable bonds is 8. The summed E-state index contributed by atoms with van der Waals surface area (Å²) in [5.74, 6) is 0.450. The predicted octanol–water partition coefficient (Wildman–Crippen LogP) is 3.37. The zero-order valence-electron chi connectivity index (χ0n) is 12.7. The number of hydrogen-bond acceptors (Lipinski definition) is 3. The summed E-state index contributed by atoms with van der Waals surface area (Å²) in [4.78, 5) is 12.4. The Morgan fingerprint density at radius 1 is 1.30 bits per heavy atom. The first-order valence-corrected chi connectivity index (χ1v) is 7.36. The molecule has 0 aliphatic rings. The lowest BCUT2D eigenvalue weighted by molar-refractivity contribution is 0.0929. The number of carbonyl (C=O) groups excluding carboxylic acids is 1. The van der Waals surface area contributed by atoms with Crippen LogP contribution in [0.1, 0.15) is 56.3 Å². The summed E-state index contributed by atoms with van der Waals surface area (Å²) in [5.41, 5.74) is 6.83. The zero-order chi connectivity index (χ0) is 15.0. The Labute approximate surface area is 121 Å². The fourth-order valence-electron chi connectivity index (χ4n) is 2.25. The molecule has 0 saturated carbocycles. The van der Waals surface area contributed by atoms with E-state index in [1.54, 1.807) is 25.3 Å². The van der Waals surface area contributed by atoms with Crippen LogP contribution in [-0.4, -0.2) is 19.1 Å². The molecule has 0 fully saturated rings. The molecule has 3 N–H and O–H groups in total. The summed E-state index contributed by atoms with van der Waals surface area (Å²) in [6.07, 6.45) is 5.33. The number of hydrogen-bond donors (Lipinski definition) is 2. The van der Waals surface area contributed by atoms with Crippen molar-refractivity contribution in [1.29, 1.82) is 0 Å². The molecule has 1 atom stereocenters. The quantitative estimate of drug-likeness (QED) is 0.717. The first kappa shape index (κ1) is 16.3. The van der Waals surface area contributed by atoms with E-state index in [0.29, 0.717) is 17.0 Å². The van der Waals surface area contributed by atoms with Crippen LogP contribution >= 0.6 is 0 Å². The standard InChI is InChI=1S/C16H26N2O2/c1-4-6-8-13(7-5-2)18-16(19)14-11-12(17)9-10-15(14)20-3/h9-11,13H,4-8,17H2,1-3H3,(H,18,19). The monoisotopic (exact) mass is 278 g/mol. The van der Waals surface area contributed by atoms with E-state index in [2.05, 4.69) is 19.2 Å². The molecule has 0 aromatic heterocycles. The maximum absolute atomic E-state index is 12.4. The Morgan fingerprint density at radius 3 is 2.65 bits per heavy atom. The van der Waals surface area contributed by atoms with Crippen molar-refractivity contribution in [3.63, 3.8) is 0 Å². The van der Waals surface area contributed by atoms with Crippen LogP contribution in [0, 0.1) is 0 Å². The highest BCUT2D eigenvalue weighted by Gasteiger charge is 2.16. The number of nitrogens with two attached hydrogens (primary N) is 1. The minimum atomic E-state index is -0.108. The molecule has 1 aromatic carbocycles. The van der Waals surface area contributed by atoms with Gasteiger partial charge in [-0.15, -0.1) is 0 Å². The van der Waals surface area contributed by atoms with E-state index in [1.807, 2.05) is 0 Å². The van der Waals surface area contributed by atoms with Crippen LogP contribution in [0.2, 0.25) is 0 Å². The molecular weight excluding hydrogens is 252 g/mol. The second-order valence-electron chi connectivity index (χ2n) is 5.06. The van der Waals surface area contributed by atoms with Crippen LogP contribution in [0.5, 0.6) is 5.75 Å². The van der Waals surface area contributed by atoms with Crippen molar-refractivity contribution < 1.29 is 9.53 Å². The average Bonchev–Trinajstić information content (AvgIpc) is 2.44. The third kappa shape index (κ3) is 4.76. The third-order valence-electron chi connectivity index (χ3n) is 3.35. The lowest BCUT2D eigenvalue weighted by Gasteiger charge is -2.19. The van der Waals surface area contributed by atoms with Crippen molar-refractivity contribution in [2.24, 2.45) is 0 Å². The number of methoxy groups -OCH3 is 1. The Balaban J connectivity index is 2.79. The van der Waals surface area contributed by atoms with Crippen LogP contribution in [0.25, 0.3) is 0 Å². The van der Waals surface area contributed by atoms with E-state index in [0.717, 1.165) is 32.1 Å². The molecule has 0 spiro atoms. The molecule has 4 heteroatoms. The van der Waals surface area contributed by atoms with Crippen molar-refractivity contribution in [3.05, 3.63) is 23.8 Å². The maximum Gasteiger partial charge on any atom is 0.255 e.